The second-order valence-electron chi connectivity index (χ2n) is 8.39. The lowest BCUT2D eigenvalue weighted by Crippen LogP contribution is -2.30. The topological polar surface area (TPSA) is 21.3 Å². The van der Waals surface area contributed by atoms with E-state index in [0.29, 0.717) is 0 Å². The van der Waals surface area contributed by atoms with Crippen LogP contribution in [0.5, 0.6) is 5.75 Å². The fraction of sp³-hybridized carbons (Fsp3) is 0.111. The van der Waals surface area contributed by atoms with Crippen LogP contribution in [0.25, 0.3) is 0 Å². The molecule has 0 bridgehead atoms. The first kappa shape index (κ1) is 21.4. The van der Waals surface area contributed by atoms with Crippen LogP contribution in [0.15, 0.2) is 109 Å². The van der Waals surface area contributed by atoms with Crippen LogP contribution in [0.4, 0.5) is 11.4 Å². The van der Waals surface area contributed by atoms with Gasteiger partial charge in [-0.2, -0.15) is 0 Å². The Labute approximate surface area is 187 Å². The molecule has 4 aromatic rings. The zero-order valence-electron chi connectivity index (χ0n) is 18.2. The first-order valence-corrected chi connectivity index (χ1v) is 15.3. The summed E-state index contributed by atoms with van der Waals surface area (Å²) in [6.45, 7) is 6.67. The Morgan fingerprint density at radius 2 is 1.16 bits per heavy atom. The van der Waals surface area contributed by atoms with Crippen LogP contribution >= 0.6 is 7.92 Å². The molecule has 156 valence electrons. The molecule has 4 heteroatoms. The second-order valence-corrected chi connectivity index (χ2v) is 15.0. The number of nitrogens with one attached hydrogen (secondary N) is 1. The molecule has 0 fully saturated rings. The number of rotatable bonds is 7. The van der Waals surface area contributed by atoms with Crippen LogP contribution < -0.4 is 25.7 Å². The monoisotopic (exact) mass is 441 g/mol. The summed E-state index contributed by atoms with van der Waals surface area (Å²) in [4.78, 5) is 0. The fourth-order valence-corrected chi connectivity index (χ4v) is 6.73. The number of para-hydroxylation sites is 1. The zero-order valence-corrected chi connectivity index (χ0v) is 20.1. The average molecular weight is 442 g/mol. The maximum Gasteiger partial charge on any atom is 0.242 e. The van der Waals surface area contributed by atoms with E-state index in [2.05, 4.69) is 128 Å². The van der Waals surface area contributed by atoms with Crippen molar-refractivity contribution < 1.29 is 4.43 Å². The minimum absolute atomic E-state index is 0.748. The molecule has 0 unspecified atom stereocenters. The third kappa shape index (κ3) is 5.64. The lowest BCUT2D eigenvalue weighted by molar-refractivity contribution is 0.558. The molecule has 0 saturated carbocycles. The highest BCUT2D eigenvalue weighted by Crippen LogP contribution is 2.38. The van der Waals surface area contributed by atoms with E-state index in [1.807, 2.05) is 6.07 Å². The number of benzene rings is 4. The molecule has 0 radical (unpaired) electrons. The molecule has 0 aromatic heterocycles. The molecule has 4 aromatic carbocycles. The highest BCUT2D eigenvalue weighted by Gasteiger charge is 2.22. The summed E-state index contributed by atoms with van der Waals surface area (Å²) in [6, 6.07) is 38.5. The van der Waals surface area contributed by atoms with Gasteiger partial charge >= 0.3 is 0 Å². The lowest BCUT2D eigenvalue weighted by Gasteiger charge is -2.25. The van der Waals surface area contributed by atoms with Crippen molar-refractivity contribution in [2.75, 3.05) is 5.32 Å². The van der Waals surface area contributed by atoms with Gasteiger partial charge in [0.05, 0.1) is 0 Å². The Bertz CT molecular complexity index is 1070. The van der Waals surface area contributed by atoms with Crippen molar-refractivity contribution in [1.82, 2.24) is 0 Å². The quantitative estimate of drug-likeness (QED) is 0.265. The van der Waals surface area contributed by atoms with E-state index in [1.165, 1.54) is 15.9 Å². The van der Waals surface area contributed by atoms with E-state index in [0.717, 1.165) is 17.1 Å². The molecule has 0 aliphatic rings. The van der Waals surface area contributed by atoms with Gasteiger partial charge in [0.25, 0.3) is 0 Å². The van der Waals surface area contributed by atoms with Crippen LogP contribution in [0.2, 0.25) is 19.6 Å². The predicted molar refractivity (Wildman–Crippen MR) is 139 cm³/mol. The molecule has 0 aliphatic carbocycles. The molecule has 2 nitrogen and oxygen atoms in total. The van der Waals surface area contributed by atoms with Gasteiger partial charge in [-0.05, 0) is 68.5 Å². The Morgan fingerprint density at radius 1 is 0.645 bits per heavy atom. The van der Waals surface area contributed by atoms with Crippen molar-refractivity contribution in [2.45, 2.75) is 19.6 Å². The normalized spacial score (nSPS) is 11.4. The van der Waals surface area contributed by atoms with Gasteiger partial charge in [-0.15, -0.1) is 0 Å². The Balaban J connectivity index is 1.87. The molecule has 0 heterocycles. The van der Waals surface area contributed by atoms with Crippen molar-refractivity contribution in [2.24, 2.45) is 0 Å². The molecule has 0 aliphatic heterocycles. The summed E-state index contributed by atoms with van der Waals surface area (Å²) >= 11 is 0. The molecule has 0 atom stereocenters. The van der Waals surface area contributed by atoms with E-state index in [1.54, 1.807) is 0 Å². The predicted octanol–water partition coefficient (Wildman–Crippen LogP) is 6.40. The smallest absolute Gasteiger partial charge is 0.242 e. The van der Waals surface area contributed by atoms with Crippen LogP contribution in [0.1, 0.15) is 0 Å². The van der Waals surface area contributed by atoms with E-state index < -0.39 is 16.2 Å². The van der Waals surface area contributed by atoms with Gasteiger partial charge in [0.1, 0.15) is 5.75 Å². The van der Waals surface area contributed by atoms with Crippen molar-refractivity contribution >= 4 is 43.5 Å². The molecule has 0 amide bonds. The standard InChI is InChI=1S/C27H28NOPSi/c1-31(2,3)29-23-19-20-26(28-22-13-7-4-8-14-22)27(21-23)30(24-15-9-5-10-16-24)25-17-11-6-12-18-25/h4-21,28H,1-3H3. The summed E-state index contributed by atoms with van der Waals surface area (Å²) in [5.74, 6) is 0.951. The zero-order chi connectivity index (χ0) is 21.7. The summed E-state index contributed by atoms with van der Waals surface area (Å²) in [6.07, 6.45) is 0. The fourth-order valence-electron chi connectivity index (χ4n) is 3.48. The van der Waals surface area contributed by atoms with Gasteiger partial charge in [-0.1, -0.05) is 78.9 Å². The summed E-state index contributed by atoms with van der Waals surface area (Å²) in [5.41, 5.74) is 2.20. The van der Waals surface area contributed by atoms with E-state index in [9.17, 15) is 0 Å². The van der Waals surface area contributed by atoms with E-state index in [-0.39, 0.29) is 0 Å². The van der Waals surface area contributed by atoms with Crippen molar-refractivity contribution in [3.63, 3.8) is 0 Å². The minimum atomic E-state index is -1.72. The van der Waals surface area contributed by atoms with Gasteiger partial charge in [0.15, 0.2) is 0 Å². The molecule has 0 spiro atoms. The van der Waals surface area contributed by atoms with Gasteiger partial charge in [0, 0.05) is 16.7 Å². The summed E-state index contributed by atoms with van der Waals surface area (Å²) in [5, 5.41) is 7.57. The van der Waals surface area contributed by atoms with E-state index in [4.69, 9.17) is 4.43 Å². The first-order chi connectivity index (χ1) is 15.0. The van der Waals surface area contributed by atoms with Gasteiger partial charge in [-0.3, -0.25) is 0 Å². The molecule has 31 heavy (non-hydrogen) atoms. The number of hydrogen-bond acceptors (Lipinski definition) is 2. The molecular weight excluding hydrogens is 413 g/mol. The lowest BCUT2D eigenvalue weighted by atomic mass is 10.2. The number of anilines is 2. The second kappa shape index (κ2) is 9.51. The maximum atomic E-state index is 6.39. The molecular formula is C27H28NOPSi. The van der Waals surface area contributed by atoms with E-state index >= 15 is 0 Å². The third-order valence-corrected chi connectivity index (χ3v) is 8.04. The van der Waals surface area contributed by atoms with Crippen LogP contribution in [-0.2, 0) is 0 Å². The van der Waals surface area contributed by atoms with Crippen LogP contribution in [0, 0.1) is 0 Å². The third-order valence-electron chi connectivity index (χ3n) is 4.72. The summed E-state index contributed by atoms with van der Waals surface area (Å²) < 4.78 is 6.39. The first-order valence-electron chi connectivity index (χ1n) is 10.5. The average Bonchev–Trinajstić information content (AvgIpc) is 2.77. The summed E-state index contributed by atoms with van der Waals surface area (Å²) in [7, 11) is -2.47. The SMILES string of the molecule is C[Si](C)(C)Oc1ccc(Nc2ccccc2)c(P(c2ccccc2)c2ccccc2)c1. The minimum Gasteiger partial charge on any atom is -0.544 e. The molecule has 0 saturated heterocycles. The Kier molecular flexibility index (Phi) is 6.55. The van der Waals surface area contributed by atoms with Crippen LogP contribution in [0.3, 0.4) is 0 Å². The van der Waals surface area contributed by atoms with Gasteiger partial charge in [0.2, 0.25) is 8.32 Å². The van der Waals surface area contributed by atoms with Crippen molar-refractivity contribution in [3.05, 3.63) is 109 Å². The molecule has 4 rings (SSSR count). The number of hydrogen-bond donors (Lipinski definition) is 1. The van der Waals surface area contributed by atoms with Crippen molar-refractivity contribution in [3.8, 4) is 5.75 Å². The van der Waals surface area contributed by atoms with Crippen LogP contribution in [-0.4, -0.2) is 8.32 Å². The Morgan fingerprint density at radius 3 is 1.68 bits per heavy atom. The van der Waals surface area contributed by atoms with Gasteiger partial charge in [-0.25, -0.2) is 0 Å². The highest BCUT2D eigenvalue weighted by molar-refractivity contribution is 7.80. The molecule has 1 N–H and O–H groups in total. The highest BCUT2D eigenvalue weighted by atomic mass is 31.1. The Hall–Kier alpha value is -2.87. The van der Waals surface area contributed by atoms with Gasteiger partial charge < -0.3 is 9.74 Å². The largest absolute Gasteiger partial charge is 0.544 e. The van der Waals surface area contributed by atoms with Crippen molar-refractivity contribution in [1.29, 1.82) is 0 Å². The maximum absolute atomic E-state index is 6.39.